The third kappa shape index (κ3) is 5.24. The molecule has 0 spiro atoms. The Morgan fingerprint density at radius 1 is 1.55 bits per heavy atom. The van der Waals surface area contributed by atoms with Crippen LogP contribution in [0.5, 0.6) is 0 Å². The fourth-order valence-electron chi connectivity index (χ4n) is 1.62. The van der Waals surface area contributed by atoms with Crippen molar-refractivity contribution >= 4 is 17.7 Å². The molecule has 0 aliphatic rings. The zero-order valence-corrected chi connectivity index (χ0v) is 12.5. The van der Waals surface area contributed by atoms with Crippen LogP contribution < -0.4 is 11.1 Å². The first-order valence-electron chi connectivity index (χ1n) is 6.34. The van der Waals surface area contributed by atoms with Crippen molar-refractivity contribution in [2.75, 3.05) is 25.1 Å². The number of hydrogen-bond donors (Lipinski definition) is 2. The summed E-state index contributed by atoms with van der Waals surface area (Å²) < 4.78 is 13.7. The second kappa shape index (κ2) is 8.62. The average molecular weight is 294 g/mol. The summed E-state index contributed by atoms with van der Waals surface area (Å²) in [6, 6.07) is 4.27. The molecule has 0 saturated heterocycles. The largest absolute Gasteiger partial charge is 0.352 e. The van der Waals surface area contributed by atoms with E-state index in [4.69, 9.17) is 5.73 Å². The SMILES string of the molecule is CSCC(C)CNC(=O)c1ccc(C#CCN)c(F)c1. The maximum Gasteiger partial charge on any atom is 0.251 e. The quantitative estimate of drug-likeness (QED) is 0.815. The number of hydrogen-bond acceptors (Lipinski definition) is 3. The summed E-state index contributed by atoms with van der Waals surface area (Å²) in [5, 5.41) is 2.80. The Kier molecular flexibility index (Phi) is 7.13. The van der Waals surface area contributed by atoms with Crippen LogP contribution in [-0.2, 0) is 0 Å². The molecular formula is C15H19FN2OS. The van der Waals surface area contributed by atoms with Crippen molar-refractivity contribution in [1.29, 1.82) is 0 Å². The van der Waals surface area contributed by atoms with Crippen LogP contribution in [0.2, 0.25) is 0 Å². The van der Waals surface area contributed by atoms with Gasteiger partial charge in [0.05, 0.1) is 12.1 Å². The molecule has 1 unspecified atom stereocenters. The normalized spacial score (nSPS) is 11.4. The molecule has 0 aliphatic heterocycles. The van der Waals surface area contributed by atoms with E-state index < -0.39 is 5.82 Å². The predicted molar refractivity (Wildman–Crippen MR) is 82.2 cm³/mol. The Labute approximate surface area is 123 Å². The zero-order valence-electron chi connectivity index (χ0n) is 11.7. The molecule has 1 aromatic carbocycles. The number of benzene rings is 1. The Bertz CT molecular complexity index is 522. The van der Waals surface area contributed by atoms with Gasteiger partial charge in [0.15, 0.2) is 0 Å². The van der Waals surface area contributed by atoms with Gasteiger partial charge >= 0.3 is 0 Å². The number of halogens is 1. The van der Waals surface area contributed by atoms with Crippen LogP contribution in [0.4, 0.5) is 4.39 Å². The number of carbonyl (C=O) groups is 1. The fourth-order valence-corrected chi connectivity index (χ4v) is 2.30. The first kappa shape index (κ1) is 16.5. The van der Waals surface area contributed by atoms with Gasteiger partial charge in [-0.1, -0.05) is 18.8 Å². The molecule has 1 rings (SSSR count). The Morgan fingerprint density at radius 3 is 2.90 bits per heavy atom. The second-order valence-corrected chi connectivity index (χ2v) is 5.38. The van der Waals surface area contributed by atoms with Gasteiger partial charge in [-0.3, -0.25) is 4.79 Å². The van der Waals surface area contributed by atoms with E-state index in [9.17, 15) is 9.18 Å². The Morgan fingerprint density at radius 2 is 2.30 bits per heavy atom. The zero-order chi connectivity index (χ0) is 15.0. The summed E-state index contributed by atoms with van der Waals surface area (Å²) in [6.07, 6.45) is 2.02. The van der Waals surface area contributed by atoms with Crippen LogP contribution in [0, 0.1) is 23.6 Å². The van der Waals surface area contributed by atoms with Gasteiger partial charge in [0.1, 0.15) is 5.82 Å². The molecule has 0 aliphatic carbocycles. The summed E-state index contributed by atoms with van der Waals surface area (Å²) in [6.45, 7) is 2.81. The molecule has 3 nitrogen and oxygen atoms in total. The molecule has 0 radical (unpaired) electrons. The van der Waals surface area contributed by atoms with Crippen LogP contribution in [0.3, 0.4) is 0 Å². The highest BCUT2D eigenvalue weighted by atomic mass is 32.2. The minimum Gasteiger partial charge on any atom is -0.352 e. The van der Waals surface area contributed by atoms with E-state index in [1.54, 1.807) is 17.8 Å². The smallest absolute Gasteiger partial charge is 0.251 e. The van der Waals surface area contributed by atoms with Crippen LogP contribution in [0.1, 0.15) is 22.8 Å². The van der Waals surface area contributed by atoms with E-state index in [0.29, 0.717) is 18.0 Å². The van der Waals surface area contributed by atoms with E-state index in [1.807, 2.05) is 6.26 Å². The summed E-state index contributed by atoms with van der Waals surface area (Å²) in [5.41, 5.74) is 5.79. The van der Waals surface area contributed by atoms with E-state index in [1.165, 1.54) is 12.1 Å². The highest BCUT2D eigenvalue weighted by Gasteiger charge is 2.10. The minimum absolute atomic E-state index is 0.176. The van der Waals surface area contributed by atoms with E-state index in [0.717, 1.165) is 5.75 Å². The molecule has 0 fully saturated rings. The first-order valence-corrected chi connectivity index (χ1v) is 7.73. The number of nitrogens with two attached hydrogens (primary N) is 1. The summed E-state index contributed by atoms with van der Waals surface area (Å²) in [7, 11) is 0. The topological polar surface area (TPSA) is 55.1 Å². The van der Waals surface area contributed by atoms with Gasteiger partial charge < -0.3 is 11.1 Å². The van der Waals surface area contributed by atoms with Crippen molar-refractivity contribution in [1.82, 2.24) is 5.32 Å². The van der Waals surface area contributed by atoms with Crippen molar-refractivity contribution in [3.63, 3.8) is 0 Å². The standard InChI is InChI=1S/C15H19FN2OS/c1-11(10-20-2)9-18-15(19)13-6-5-12(4-3-7-17)14(16)8-13/h5-6,8,11H,7,9-10,17H2,1-2H3,(H,18,19). The van der Waals surface area contributed by atoms with Crippen LogP contribution in [0.15, 0.2) is 18.2 Å². The second-order valence-electron chi connectivity index (χ2n) is 4.47. The van der Waals surface area contributed by atoms with Gasteiger partial charge in [0, 0.05) is 12.1 Å². The van der Waals surface area contributed by atoms with E-state index >= 15 is 0 Å². The van der Waals surface area contributed by atoms with Crippen molar-refractivity contribution in [3.8, 4) is 11.8 Å². The van der Waals surface area contributed by atoms with Crippen molar-refractivity contribution in [3.05, 3.63) is 35.1 Å². The van der Waals surface area contributed by atoms with Gasteiger partial charge in [-0.25, -0.2) is 4.39 Å². The average Bonchev–Trinajstić information content (AvgIpc) is 2.43. The summed E-state index contributed by atoms with van der Waals surface area (Å²) in [5.74, 6) is 5.79. The lowest BCUT2D eigenvalue weighted by molar-refractivity contribution is 0.0949. The van der Waals surface area contributed by atoms with Crippen molar-refractivity contribution in [2.24, 2.45) is 11.7 Å². The molecule has 1 aromatic rings. The lowest BCUT2D eigenvalue weighted by Crippen LogP contribution is -2.29. The molecule has 0 bridgehead atoms. The number of rotatable bonds is 5. The lowest BCUT2D eigenvalue weighted by Gasteiger charge is -2.11. The van der Waals surface area contributed by atoms with Crippen LogP contribution >= 0.6 is 11.8 Å². The molecule has 1 atom stereocenters. The van der Waals surface area contributed by atoms with Crippen LogP contribution in [-0.4, -0.2) is 31.0 Å². The van der Waals surface area contributed by atoms with Gasteiger partial charge in [-0.05, 0) is 36.1 Å². The predicted octanol–water partition coefficient (Wildman–Crippen LogP) is 1.86. The van der Waals surface area contributed by atoms with Crippen molar-refractivity contribution in [2.45, 2.75) is 6.92 Å². The lowest BCUT2D eigenvalue weighted by atomic mass is 10.1. The number of thioether (sulfide) groups is 1. The number of carbonyl (C=O) groups excluding carboxylic acids is 1. The van der Waals surface area contributed by atoms with Gasteiger partial charge in [0.2, 0.25) is 0 Å². The minimum atomic E-state index is -0.504. The maximum absolute atomic E-state index is 13.7. The Hall–Kier alpha value is -1.51. The van der Waals surface area contributed by atoms with Gasteiger partial charge in [-0.2, -0.15) is 11.8 Å². The Balaban J connectivity index is 2.68. The molecule has 0 aromatic heterocycles. The van der Waals surface area contributed by atoms with Gasteiger partial charge in [0.25, 0.3) is 5.91 Å². The third-order valence-corrected chi connectivity index (χ3v) is 3.52. The van der Waals surface area contributed by atoms with E-state index in [2.05, 4.69) is 24.1 Å². The first-order chi connectivity index (χ1) is 9.58. The molecule has 5 heteroatoms. The monoisotopic (exact) mass is 294 g/mol. The summed E-state index contributed by atoms with van der Waals surface area (Å²) >= 11 is 1.73. The fraction of sp³-hybridized carbons (Fsp3) is 0.400. The molecule has 3 N–H and O–H groups in total. The third-order valence-electron chi connectivity index (χ3n) is 2.62. The highest BCUT2D eigenvalue weighted by molar-refractivity contribution is 7.98. The molecule has 0 saturated carbocycles. The highest BCUT2D eigenvalue weighted by Crippen LogP contribution is 2.10. The molecule has 0 heterocycles. The van der Waals surface area contributed by atoms with Crippen LogP contribution in [0.25, 0.3) is 0 Å². The number of nitrogens with one attached hydrogen (secondary N) is 1. The van der Waals surface area contributed by atoms with Crippen molar-refractivity contribution < 1.29 is 9.18 Å². The molecule has 108 valence electrons. The molecular weight excluding hydrogens is 275 g/mol. The summed E-state index contributed by atoms with van der Waals surface area (Å²) in [4.78, 5) is 11.9. The maximum atomic E-state index is 13.7. The number of amides is 1. The van der Waals surface area contributed by atoms with Gasteiger partial charge in [-0.15, -0.1) is 0 Å². The van der Waals surface area contributed by atoms with E-state index in [-0.39, 0.29) is 18.0 Å². The molecule has 1 amide bonds. The molecule has 20 heavy (non-hydrogen) atoms.